The molecule has 0 radical (unpaired) electrons. The number of rotatable bonds is 3. The Morgan fingerprint density at radius 3 is 2.48 bits per heavy atom. The third-order valence-corrected chi connectivity index (χ3v) is 4.53. The first-order valence-corrected chi connectivity index (χ1v) is 7.60. The number of carbonyl (C=O) groups is 1. The van der Waals surface area contributed by atoms with Gasteiger partial charge in [0.15, 0.2) is 0 Å². The molecule has 4 heteroatoms. The quantitative estimate of drug-likeness (QED) is 0.756. The van der Waals surface area contributed by atoms with Gasteiger partial charge in [-0.05, 0) is 29.7 Å². The molecule has 3 aromatic rings. The summed E-state index contributed by atoms with van der Waals surface area (Å²) < 4.78 is 0.901. The van der Waals surface area contributed by atoms with Gasteiger partial charge < -0.3 is 5.11 Å². The molecule has 1 N–H and O–H groups in total. The fraction of sp³-hybridized carbons (Fsp3) is 0.176. The van der Waals surface area contributed by atoms with Crippen molar-refractivity contribution in [3.63, 3.8) is 0 Å². The summed E-state index contributed by atoms with van der Waals surface area (Å²) in [5, 5.41) is 9.95. The highest BCUT2D eigenvalue weighted by Gasteiger charge is 2.10. The smallest absolute Gasteiger partial charge is 0.335 e. The zero-order chi connectivity index (χ0) is 15.0. The molecule has 0 spiro atoms. The average molecular weight is 297 g/mol. The Hall–Kier alpha value is -2.20. The Morgan fingerprint density at radius 1 is 1.14 bits per heavy atom. The zero-order valence-electron chi connectivity index (χ0n) is 11.8. The Bertz CT molecular complexity index is 803. The molecular formula is C17H15NO2S. The molecule has 0 amide bonds. The number of aromatic nitrogens is 1. The summed E-state index contributed by atoms with van der Waals surface area (Å²) in [6, 6.07) is 13.4. The van der Waals surface area contributed by atoms with Crippen LogP contribution in [0.4, 0.5) is 0 Å². The van der Waals surface area contributed by atoms with Gasteiger partial charge in [0.2, 0.25) is 0 Å². The van der Waals surface area contributed by atoms with E-state index in [-0.39, 0.29) is 0 Å². The van der Waals surface area contributed by atoms with E-state index in [0.29, 0.717) is 11.5 Å². The van der Waals surface area contributed by atoms with E-state index in [2.05, 4.69) is 43.1 Å². The van der Waals surface area contributed by atoms with E-state index < -0.39 is 5.97 Å². The van der Waals surface area contributed by atoms with Crippen LogP contribution in [0.15, 0.2) is 42.5 Å². The molecule has 0 aliphatic heterocycles. The fourth-order valence-corrected chi connectivity index (χ4v) is 3.20. The van der Waals surface area contributed by atoms with Crippen LogP contribution in [-0.2, 0) is 0 Å². The molecule has 0 fully saturated rings. The average Bonchev–Trinajstić information content (AvgIpc) is 2.90. The third kappa shape index (κ3) is 2.67. The van der Waals surface area contributed by atoms with Gasteiger partial charge in [-0.25, -0.2) is 9.78 Å². The van der Waals surface area contributed by atoms with Gasteiger partial charge in [0.05, 0.1) is 15.8 Å². The standard InChI is InChI=1S/C17H15NO2S/c1-10(2)11-3-5-12(6-4-11)16-18-14-8-7-13(17(19)20)9-15(14)21-16/h3-10H,1-2H3,(H,19,20). The van der Waals surface area contributed by atoms with E-state index >= 15 is 0 Å². The van der Waals surface area contributed by atoms with Crippen molar-refractivity contribution in [3.8, 4) is 10.6 Å². The van der Waals surface area contributed by atoms with Crippen LogP contribution in [0.25, 0.3) is 20.8 Å². The highest BCUT2D eigenvalue weighted by Crippen LogP contribution is 2.31. The number of carboxylic acids is 1. The van der Waals surface area contributed by atoms with Gasteiger partial charge in [-0.1, -0.05) is 38.1 Å². The summed E-state index contributed by atoms with van der Waals surface area (Å²) in [7, 11) is 0. The second-order valence-corrected chi connectivity index (χ2v) is 6.31. The van der Waals surface area contributed by atoms with Crippen LogP contribution in [0, 0.1) is 0 Å². The van der Waals surface area contributed by atoms with Gasteiger partial charge in [-0.15, -0.1) is 11.3 Å². The summed E-state index contributed by atoms with van der Waals surface area (Å²) >= 11 is 1.52. The molecule has 0 saturated heterocycles. The Balaban J connectivity index is 2.02. The van der Waals surface area contributed by atoms with Crippen molar-refractivity contribution in [2.45, 2.75) is 19.8 Å². The number of nitrogens with zero attached hydrogens (tertiary/aromatic N) is 1. The molecule has 3 nitrogen and oxygen atoms in total. The molecule has 1 aromatic heterocycles. The molecule has 0 aliphatic rings. The summed E-state index contributed by atoms with van der Waals surface area (Å²) in [6.45, 7) is 4.33. The van der Waals surface area contributed by atoms with E-state index in [4.69, 9.17) is 5.11 Å². The summed E-state index contributed by atoms with van der Waals surface area (Å²) in [6.07, 6.45) is 0. The molecule has 3 rings (SSSR count). The van der Waals surface area contributed by atoms with E-state index in [0.717, 1.165) is 20.8 Å². The van der Waals surface area contributed by atoms with Crippen LogP contribution in [0.1, 0.15) is 35.7 Å². The molecule has 0 aliphatic carbocycles. The fourth-order valence-electron chi connectivity index (χ4n) is 2.19. The van der Waals surface area contributed by atoms with Crippen molar-refractivity contribution >= 4 is 27.5 Å². The number of benzene rings is 2. The molecular weight excluding hydrogens is 282 g/mol. The van der Waals surface area contributed by atoms with Gasteiger partial charge in [0.25, 0.3) is 0 Å². The predicted molar refractivity (Wildman–Crippen MR) is 86.1 cm³/mol. The van der Waals surface area contributed by atoms with Gasteiger partial charge in [0.1, 0.15) is 5.01 Å². The summed E-state index contributed by atoms with van der Waals surface area (Å²) in [5.41, 5.74) is 3.51. The van der Waals surface area contributed by atoms with Crippen LogP contribution in [0.2, 0.25) is 0 Å². The van der Waals surface area contributed by atoms with E-state index in [9.17, 15) is 4.79 Å². The third-order valence-electron chi connectivity index (χ3n) is 3.46. The predicted octanol–water partition coefficient (Wildman–Crippen LogP) is 4.78. The molecule has 1 heterocycles. The molecule has 0 unspecified atom stereocenters. The number of carboxylic acid groups (broad SMARTS) is 1. The molecule has 106 valence electrons. The van der Waals surface area contributed by atoms with E-state index in [1.54, 1.807) is 18.2 Å². The second kappa shape index (κ2) is 5.30. The summed E-state index contributed by atoms with van der Waals surface area (Å²) in [5.74, 6) is -0.402. The molecule has 0 saturated carbocycles. The van der Waals surface area contributed by atoms with Crippen molar-refractivity contribution in [2.24, 2.45) is 0 Å². The lowest BCUT2D eigenvalue weighted by Gasteiger charge is -2.05. The van der Waals surface area contributed by atoms with Gasteiger partial charge in [-0.2, -0.15) is 0 Å². The van der Waals surface area contributed by atoms with Crippen molar-refractivity contribution in [1.29, 1.82) is 0 Å². The second-order valence-electron chi connectivity index (χ2n) is 5.28. The minimum atomic E-state index is -0.909. The monoisotopic (exact) mass is 297 g/mol. The number of hydrogen-bond acceptors (Lipinski definition) is 3. The van der Waals surface area contributed by atoms with Crippen LogP contribution in [0.5, 0.6) is 0 Å². The topological polar surface area (TPSA) is 50.2 Å². The van der Waals surface area contributed by atoms with Crippen molar-refractivity contribution in [3.05, 3.63) is 53.6 Å². The van der Waals surface area contributed by atoms with Gasteiger partial charge in [-0.3, -0.25) is 0 Å². The zero-order valence-corrected chi connectivity index (χ0v) is 12.6. The maximum absolute atomic E-state index is 11.0. The van der Waals surface area contributed by atoms with Crippen LogP contribution in [-0.4, -0.2) is 16.1 Å². The van der Waals surface area contributed by atoms with Crippen molar-refractivity contribution < 1.29 is 9.90 Å². The Morgan fingerprint density at radius 2 is 1.86 bits per heavy atom. The minimum absolute atomic E-state index is 0.299. The normalized spacial score (nSPS) is 11.2. The van der Waals surface area contributed by atoms with Crippen molar-refractivity contribution in [1.82, 2.24) is 4.98 Å². The lowest BCUT2D eigenvalue weighted by Crippen LogP contribution is -1.94. The minimum Gasteiger partial charge on any atom is -0.478 e. The number of hydrogen-bond donors (Lipinski definition) is 1. The van der Waals surface area contributed by atoms with Crippen molar-refractivity contribution in [2.75, 3.05) is 0 Å². The van der Waals surface area contributed by atoms with Gasteiger partial charge in [0, 0.05) is 5.56 Å². The number of thiazole rings is 1. The first-order chi connectivity index (χ1) is 10.0. The first-order valence-electron chi connectivity index (χ1n) is 6.79. The van der Waals surface area contributed by atoms with E-state index in [1.165, 1.54) is 16.9 Å². The Labute approximate surface area is 126 Å². The molecule has 0 bridgehead atoms. The lowest BCUT2D eigenvalue weighted by molar-refractivity contribution is 0.0697. The lowest BCUT2D eigenvalue weighted by atomic mass is 10.0. The number of aromatic carboxylic acids is 1. The van der Waals surface area contributed by atoms with Gasteiger partial charge >= 0.3 is 5.97 Å². The largest absolute Gasteiger partial charge is 0.478 e. The Kier molecular flexibility index (Phi) is 3.47. The summed E-state index contributed by atoms with van der Waals surface area (Å²) in [4.78, 5) is 15.6. The van der Waals surface area contributed by atoms with Crippen LogP contribution in [0.3, 0.4) is 0 Å². The molecule has 2 aromatic carbocycles. The highest BCUT2D eigenvalue weighted by molar-refractivity contribution is 7.21. The first kappa shape index (κ1) is 13.8. The maximum atomic E-state index is 11.0. The van der Waals surface area contributed by atoms with Crippen LogP contribution >= 0.6 is 11.3 Å². The van der Waals surface area contributed by atoms with Crippen LogP contribution < -0.4 is 0 Å². The maximum Gasteiger partial charge on any atom is 0.335 e. The molecule has 21 heavy (non-hydrogen) atoms. The SMILES string of the molecule is CC(C)c1ccc(-c2nc3ccc(C(=O)O)cc3s2)cc1. The molecule has 0 atom stereocenters. The number of fused-ring (bicyclic) bond motifs is 1. The van der Waals surface area contributed by atoms with E-state index in [1.807, 2.05) is 0 Å². The highest BCUT2D eigenvalue weighted by atomic mass is 32.1.